The second-order valence-electron chi connectivity index (χ2n) is 6.08. The van der Waals surface area contributed by atoms with Crippen molar-refractivity contribution in [2.45, 2.75) is 32.7 Å². The predicted octanol–water partition coefficient (Wildman–Crippen LogP) is 1.61. The van der Waals surface area contributed by atoms with Gasteiger partial charge in [-0.15, -0.1) is 5.10 Å². The minimum absolute atomic E-state index is 0.0266. The SMILES string of the molecule is CC(C)C(C(=O)N1CCCC1)n1nnc2ccccc2c1=O. The summed E-state index contributed by atoms with van der Waals surface area (Å²) in [5, 5.41) is 8.62. The van der Waals surface area contributed by atoms with Crippen LogP contribution in [0.3, 0.4) is 0 Å². The molecule has 0 spiro atoms. The molecular weight excluding hydrogens is 280 g/mol. The van der Waals surface area contributed by atoms with Crippen molar-refractivity contribution in [1.29, 1.82) is 0 Å². The Labute approximate surface area is 128 Å². The molecule has 0 aliphatic carbocycles. The monoisotopic (exact) mass is 300 g/mol. The molecule has 22 heavy (non-hydrogen) atoms. The fraction of sp³-hybridized carbons (Fsp3) is 0.500. The van der Waals surface area contributed by atoms with Gasteiger partial charge in [-0.3, -0.25) is 9.59 Å². The Balaban J connectivity index is 2.07. The maximum atomic E-state index is 12.8. The van der Waals surface area contributed by atoms with Crippen LogP contribution in [0.2, 0.25) is 0 Å². The summed E-state index contributed by atoms with van der Waals surface area (Å²) in [5.74, 6) is -0.0551. The average Bonchev–Trinajstić information content (AvgIpc) is 3.04. The number of hydrogen-bond donors (Lipinski definition) is 0. The Hall–Kier alpha value is -2.24. The Kier molecular flexibility index (Phi) is 3.92. The Bertz CT molecular complexity index is 747. The van der Waals surface area contributed by atoms with Crippen LogP contribution in [0.5, 0.6) is 0 Å². The second kappa shape index (κ2) is 5.87. The van der Waals surface area contributed by atoms with Crippen molar-refractivity contribution in [3.05, 3.63) is 34.6 Å². The van der Waals surface area contributed by atoms with E-state index in [1.54, 1.807) is 18.2 Å². The van der Waals surface area contributed by atoms with E-state index < -0.39 is 6.04 Å². The minimum Gasteiger partial charge on any atom is -0.341 e. The summed E-state index contributed by atoms with van der Waals surface area (Å²) in [7, 11) is 0. The molecule has 6 heteroatoms. The molecule has 1 aliphatic rings. The van der Waals surface area contributed by atoms with Crippen LogP contribution < -0.4 is 5.56 Å². The summed E-state index contributed by atoms with van der Waals surface area (Å²) in [6.07, 6.45) is 2.05. The molecule has 1 aromatic heterocycles. The summed E-state index contributed by atoms with van der Waals surface area (Å²) in [6.45, 7) is 5.39. The molecule has 2 heterocycles. The fourth-order valence-electron chi connectivity index (χ4n) is 2.98. The van der Waals surface area contributed by atoms with Crippen LogP contribution in [-0.2, 0) is 4.79 Å². The predicted molar refractivity (Wildman–Crippen MR) is 83.5 cm³/mol. The number of aromatic nitrogens is 3. The molecule has 0 N–H and O–H groups in total. The van der Waals surface area contributed by atoms with Gasteiger partial charge in [0, 0.05) is 13.1 Å². The van der Waals surface area contributed by atoms with Crippen LogP contribution in [0.15, 0.2) is 29.1 Å². The number of carbonyl (C=O) groups is 1. The molecule has 1 saturated heterocycles. The van der Waals surface area contributed by atoms with Crippen LogP contribution >= 0.6 is 0 Å². The number of amides is 1. The zero-order valence-electron chi connectivity index (χ0n) is 12.9. The average molecular weight is 300 g/mol. The van der Waals surface area contributed by atoms with Gasteiger partial charge in [0.2, 0.25) is 5.91 Å². The summed E-state index contributed by atoms with van der Waals surface area (Å²) in [4.78, 5) is 27.3. The van der Waals surface area contributed by atoms with Crippen LogP contribution in [0, 0.1) is 5.92 Å². The molecule has 0 radical (unpaired) electrons. The number of benzene rings is 1. The molecule has 3 rings (SSSR count). The van der Waals surface area contributed by atoms with E-state index in [1.165, 1.54) is 4.68 Å². The molecule has 2 aromatic rings. The first kappa shape index (κ1) is 14.7. The Morgan fingerprint density at radius 2 is 1.86 bits per heavy atom. The lowest BCUT2D eigenvalue weighted by atomic mass is 10.0. The van der Waals surface area contributed by atoms with Gasteiger partial charge in [-0.2, -0.15) is 4.68 Å². The standard InChI is InChI=1S/C16H20N4O2/c1-11(2)14(16(22)19-9-5-6-10-19)20-15(21)12-7-3-4-8-13(12)17-18-20/h3-4,7-8,11,14H,5-6,9-10H2,1-2H3. The molecule has 1 atom stereocenters. The molecule has 1 aliphatic heterocycles. The van der Waals surface area contributed by atoms with E-state index in [1.807, 2.05) is 24.8 Å². The molecule has 1 aromatic carbocycles. The Morgan fingerprint density at radius 3 is 2.55 bits per heavy atom. The van der Waals surface area contributed by atoms with Crippen molar-refractivity contribution in [3.63, 3.8) is 0 Å². The van der Waals surface area contributed by atoms with Crippen molar-refractivity contribution >= 4 is 16.8 Å². The number of rotatable bonds is 3. The number of likely N-dealkylation sites (tertiary alicyclic amines) is 1. The maximum Gasteiger partial charge on any atom is 0.278 e. The van der Waals surface area contributed by atoms with Gasteiger partial charge in [0.05, 0.1) is 5.39 Å². The van der Waals surface area contributed by atoms with Gasteiger partial charge in [-0.1, -0.05) is 31.2 Å². The molecular formula is C16H20N4O2. The highest BCUT2D eigenvalue weighted by atomic mass is 16.2. The van der Waals surface area contributed by atoms with Crippen LogP contribution in [0.4, 0.5) is 0 Å². The normalized spacial score (nSPS) is 16.4. The maximum absolute atomic E-state index is 12.8. The molecule has 116 valence electrons. The van der Waals surface area contributed by atoms with Crippen molar-refractivity contribution in [1.82, 2.24) is 19.9 Å². The lowest BCUT2D eigenvalue weighted by Gasteiger charge is -2.26. The summed E-state index contributed by atoms with van der Waals surface area (Å²) < 4.78 is 1.26. The van der Waals surface area contributed by atoms with Gasteiger partial charge >= 0.3 is 0 Å². The summed E-state index contributed by atoms with van der Waals surface area (Å²) in [6, 6.07) is 6.49. The highest BCUT2D eigenvalue weighted by molar-refractivity contribution is 5.82. The highest BCUT2D eigenvalue weighted by Crippen LogP contribution is 2.21. The van der Waals surface area contributed by atoms with Crippen LogP contribution in [-0.4, -0.2) is 38.9 Å². The van der Waals surface area contributed by atoms with E-state index in [-0.39, 0.29) is 17.4 Å². The van der Waals surface area contributed by atoms with Gasteiger partial charge in [0.25, 0.3) is 5.56 Å². The van der Waals surface area contributed by atoms with E-state index in [0.29, 0.717) is 10.9 Å². The van der Waals surface area contributed by atoms with Crippen molar-refractivity contribution < 1.29 is 4.79 Å². The topological polar surface area (TPSA) is 68.1 Å². The van der Waals surface area contributed by atoms with Gasteiger partial charge in [0.15, 0.2) is 0 Å². The van der Waals surface area contributed by atoms with E-state index in [9.17, 15) is 9.59 Å². The molecule has 1 fully saturated rings. The largest absolute Gasteiger partial charge is 0.341 e. The van der Waals surface area contributed by atoms with Crippen LogP contribution in [0.1, 0.15) is 32.7 Å². The lowest BCUT2D eigenvalue weighted by Crippen LogP contribution is -2.42. The molecule has 0 saturated carbocycles. The van der Waals surface area contributed by atoms with Gasteiger partial charge < -0.3 is 4.90 Å². The van der Waals surface area contributed by atoms with Crippen LogP contribution in [0.25, 0.3) is 10.9 Å². The summed E-state index contributed by atoms with van der Waals surface area (Å²) in [5.41, 5.74) is 0.303. The molecule has 1 unspecified atom stereocenters. The molecule has 6 nitrogen and oxygen atoms in total. The molecule has 1 amide bonds. The van der Waals surface area contributed by atoms with Gasteiger partial charge in [-0.25, -0.2) is 0 Å². The first-order valence-corrected chi connectivity index (χ1v) is 7.72. The first-order valence-electron chi connectivity index (χ1n) is 7.72. The lowest BCUT2D eigenvalue weighted by molar-refractivity contribution is -0.135. The minimum atomic E-state index is -0.595. The number of carbonyl (C=O) groups excluding carboxylic acids is 1. The molecule has 0 bridgehead atoms. The van der Waals surface area contributed by atoms with Crippen molar-refractivity contribution in [3.8, 4) is 0 Å². The second-order valence-corrected chi connectivity index (χ2v) is 6.08. The van der Waals surface area contributed by atoms with E-state index >= 15 is 0 Å². The third-order valence-corrected chi connectivity index (χ3v) is 4.16. The van der Waals surface area contributed by atoms with Gasteiger partial charge in [-0.05, 0) is 30.9 Å². The number of nitrogens with zero attached hydrogens (tertiary/aromatic N) is 4. The van der Waals surface area contributed by atoms with E-state index in [2.05, 4.69) is 10.3 Å². The van der Waals surface area contributed by atoms with Crippen molar-refractivity contribution in [2.24, 2.45) is 5.92 Å². The van der Waals surface area contributed by atoms with E-state index in [4.69, 9.17) is 0 Å². The Morgan fingerprint density at radius 1 is 1.18 bits per heavy atom. The fourth-order valence-corrected chi connectivity index (χ4v) is 2.98. The van der Waals surface area contributed by atoms with Gasteiger partial charge in [0.1, 0.15) is 11.6 Å². The van der Waals surface area contributed by atoms with Crippen molar-refractivity contribution in [2.75, 3.05) is 13.1 Å². The summed E-state index contributed by atoms with van der Waals surface area (Å²) >= 11 is 0. The number of fused-ring (bicyclic) bond motifs is 1. The zero-order chi connectivity index (χ0) is 15.7. The highest BCUT2D eigenvalue weighted by Gasteiger charge is 2.32. The quantitative estimate of drug-likeness (QED) is 0.863. The van der Waals surface area contributed by atoms with E-state index in [0.717, 1.165) is 25.9 Å². The third kappa shape index (κ3) is 2.49. The number of hydrogen-bond acceptors (Lipinski definition) is 4. The third-order valence-electron chi connectivity index (χ3n) is 4.16. The zero-order valence-corrected chi connectivity index (χ0v) is 12.9. The first-order chi connectivity index (χ1) is 10.6. The smallest absolute Gasteiger partial charge is 0.278 e.